The van der Waals surface area contributed by atoms with Gasteiger partial charge in [-0.05, 0) is 44.1 Å². The Morgan fingerprint density at radius 3 is 2.80 bits per heavy atom. The van der Waals surface area contributed by atoms with Crippen molar-refractivity contribution in [2.75, 3.05) is 25.5 Å². The molecule has 0 spiro atoms. The Morgan fingerprint density at radius 1 is 1.45 bits per heavy atom. The maximum atomic E-state index is 12.6. The molecule has 1 aliphatic heterocycles. The van der Waals surface area contributed by atoms with Gasteiger partial charge in [0.25, 0.3) is 0 Å². The molecular formula is C14H17F3N2O. The van der Waals surface area contributed by atoms with Crippen molar-refractivity contribution < 1.29 is 18.0 Å². The summed E-state index contributed by atoms with van der Waals surface area (Å²) in [6.07, 6.45) is -3.10. The topological polar surface area (TPSA) is 32.3 Å². The van der Waals surface area contributed by atoms with Gasteiger partial charge in [-0.3, -0.25) is 4.79 Å². The second-order valence-electron chi connectivity index (χ2n) is 5.25. The zero-order valence-corrected chi connectivity index (χ0v) is 11.2. The molecular weight excluding hydrogens is 269 g/mol. The molecule has 0 saturated carbocycles. The number of rotatable bonds is 3. The van der Waals surface area contributed by atoms with Gasteiger partial charge in [-0.1, -0.05) is 6.07 Å². The molecule has 1 fully saturated rings. The predicted molar refractivity (Wildman–Crippen MR) is 70.3 cm³/mol. The average molecular weight is 286 g/mol. The van der Waals surface area contributed by atoms with Gasteiger partial charge in [0.15, 0.2) is 0 Å². The van der Waals surface area contributed by atoms with E-state index in [1.165, 1.54) is 12.1 Å². The van der Waals surface area contributed by atoms with Gasteiger partial charge in [0.05, 0.1) is 5.56 Å². The normalized spacial score (nSPS) is 20.1. The van der Waals surface area contributed by atoms with Gasteiger partial charge in [0.2, 0.25) is 5.91 Å². The van der Waals surface area contributed by atoms with Gasteiger partial charge in [-0.25, -0.2) is 0 Å². The molecule has 1 unspecified atom stereocenters. The molecule has 0 radical (unpaired) electrons. The Labute approximate surface area is 115 Å². The fraction of sp³-hybridized carbons (Fsp3) is 0.500. The number of alkyl halides is 3. The summed E-state index contributed by atoms with van der Waals surface area (Å²) in [4.78, 5) is 14.0. The number of likely N-dealkylation sites (tertiary alicyclic amines) is 1. The van der Waals surface area contributed by atoms with Crippen LogP contribution in [0.3, 0.4) is 0 Å². The third kappa shape index (κ3) is 3.96. The van der Waals surface area contributed by atoms with Gasteiger partial charge >= 0.3 is 6.18 Å². The molecule has 1 N–H and O–H groups in total. The SMILES string of the molecule is CN1CCC(CC(=O)Nc2cccc(C(F)(F)F)c2)C1. The van der Waals surface area contributed by atoms with Gasteiger partial charge in [0, 0.05) is 18.7 Å². The molecule has 1 saturated heterocycles. The van der Waals surface area contributed by atoms with Crippen LogP contribution in [0.15, 0.2) is 24.3 Å². The first-order chi connectivity index (χ1) is 9.34. The minimum atomic E-state index is -4.39. The first-order valence-electron chi connectivity index (χ1n) is 6.50. The molecule has 1 heterocycles. The monoisotopic (exact) mass is 286 g/mol. The maximum absolute atomic E-state index is 12.6. The van der Waals surface area contributed by atoms with Crippen LogP contribution in [0, 0.1) is 5.92 Å². The molecule has 2 rings (SSSR count). The van der Waals surface area contributed by atoms with Crippen molar-refractivity contribution in [3.8, 4) is 0 Å². The molecule has 0 bridgehead atoms. The van der Waals surface area contributed by atoms with E-state index in [0.29, 0.717) is 6.42 Å². The Hall–Kier alpha value is -1.56. The summed E-state index contributed by atoms with van der Waals surface area (Å²) in [6.45, 7) is 1.82. The highest BCUT2D eigenvalue weighted by atomic mass is 19.4. The summed E-state index contributed by atoms with van der Waals surface area (Å²) in [5.41, 5.74) is -0.563. The van der Waals surface area contributed by atoms with Crippen molar-refractivity contribution >= 4 is 11.6 Å². The van der Waals surface area contributed by atoms with Crippen molar-refractivity contribution in [2.45, 2.75) is 19.0 Å². The fourth-order valence-corrected chi connectivity index (χ4v) is 2.44. The fourth-order valence-electron chi connectivity index (χ4n) is 2.44. The lowest BCUT2D eigenvalue weighted by molar-refractivity contribution is -0.137. The first kappa shape index (κ1) is 14.8. The van der Waals surface area contributed by atoms with Crippen LogP contribution < -0.4 is 5.32 Å². The Balaban J connectivity index is 1.94. The first-order valence-corrected chi connectivity index (χ1v) is 6.50. The smallest absolute Gasteiger partial charge is 0.326 e. The molecule has 20 heavy (non-hydrogen) atoms. The number of amides is 1. The lowest BCUT2D eigenvalue weighted by Gasteiger charge is -2.12. The van der Waals surface area contributed by atoms with Crippen molar-refractivity contribution in [1.29, 1.82) is 0 Å². The molecule has 0 aromatic heterocycles. The van der Waals surface area contributed by atoms with Crippen LogP contribution in [0.5, 0.6) is 0 Å². The van der Waals surface area contributed by atoms with E-state index >= 15 is 0 Å². The highest BCUT2D eigenvalue weighted by molar-refractivity contribution is 5.90. The van der Waals surface area contributed by atoms with Crippen molar-refractivity contribution in [3.05, 3.63) is 29.8 Å². The molecule has 1 aliphatic rings. The molecule has 1 aromatic carbocycles. The minimum absolute atomic E-state index is 0.191. The summed E-state index contributed by atoms with van der Waals surface area (Å²) < 4.78 is 37.7. The quantitative estimate of drug-likeness (QED) is 0.926. The number of benzene rings is 1. The van der Waals surface area contributed by atoms with E-state index in [2.05, 4.69) is 10.2 Å². The van der Waals surface area contributed by atoms with E-state index in [-0.39, 0.29) is 17.5 Å². The third-order valence-electron chi connectivity index (χ3n) is 3.44. The van der Waals surface area contributed by atoms with E-state index in [4.69, 9.17) is 0 Å². The Bertz CT molecular complexity index is 488. The summed E-state index contributed by atoms with van der Waals surface area (Å²) >= 11 is 0. The van der Waals surface area contributed by atoms with E-state index in [9.17, 15) is 18.0 Å². The minimum Gasteiger partial charge on any atom is -0.326 e. The second kappa shape index (κ2) is 5.83. The summed E-state index contributed by atoms with van der Waals surface area (Å²) in [5.74, 6) is 0.0513. The van der Waals surface area contributed by atoms with Crippen LogP contribution >= 0.6 is 0 Å². The van der Waals surface area contributed by atoms with E-state index in [0.717, 1.165) is 31.6 Å². The van der Waals surface area contributed by atoms with Crippen LogP contribution in [-0.4, -0.2) is 30.9 Å². The number of nitrogens with one attached hydrogen (secondary N) is 1. The van der Waals surface area contributed by atoms with E-state index in [1.54, 1.807) is 0 Å². The maximum Gasteiger partial charge on any atom is 0.416 e. The molecule has 3 nitrogen and oxygen atoms in total. The number of halogens is 3. The summed E-state index contributed by atoms with van der Waals surface area (Å²) in [6, 6.07) is 4.70. The Kier molecular flexibility index (Phi) is 4.32. The van der Waals surface area contributed by atoms with Crippen molar-refractivity contribution in [1.82, 2.24) is 4.90 Å². The highest BCUT2D eigenvalue weighted by Gasteiger charge is 2.30. The van der Waals surface area contributed by atoms with Crippen LogP contribution in [0.1, 0.15) is 18.4 Å². The number of hydrogen-bond acceptors (Lipinski definition) is 2. The van der Waals surface area contributed by atoms with Crippen molar-refractivity contribution in [2.24, 2.45) is 5.92 Å². The number of carbonyl (C=O) groups is 1. The van der Waals surface area contributed by atoms with Crippen LogP contribution in [0.25, 0.3) is 0 Å². The number of nitrogens with zero attached hydrogens (tertiary/aromatic N) is 1. The zero-order chi connectivity index (χ0) is 14.8. The lowest BCUT2D eigenvalue weighted by atomic mass is 10.0. The summed E-state index contributed by atoms with van der Waals surface area (Å²) in [7, 11) is 1.99. The van der Waals surface area contributed by atoms with Gasteiger partial charge in [0.1, 0.15) is 0 Å². The van der Waals surface area contributed by atoms with Crippen LogP contribution in [0.2, 0.25) is 0 Å². The molecule has 1 aromatic rings. The predicted octanol–water partition coefficient (Wildman–Crippen LogP) is 2.99. The standard InChI is InChI=1S/C14H17F3N2O/c1-19-6-5-10(9-19)7-13(20)18-12-4-2-3-11(8-12)14(15,16)17/h2-4,8,10H,5-7,9H2,1H3,(H,18,20). The third-order valence-corrected chi connectivity index (χ3v) is 3.44. The molecule has 6 heteroatoms. The zero-order valence-electron chi connectivity index (χ0n) is 11.2. The average Bonchev–Trinajstić information content (AvgIpc) is 2.73. The molecule has 1 amide bonds. The van der Waals surface area contributed by atoms with Gasteiger partial charge in [-0.15, -0.1) is 0 Å². The molecule has 110 valence electrons. The lowest BCUT2D eigenvalue weighted by Crippen LogP contribution is -2.19. The van der Waals surface area contributed by atoms with Crippen LogP contribution in [0.4, 0.5) is 18.9 Å². The summed E-state index contributed by atoms with van der Waals surface area (Å²) in [5, 5.41) is 2.54. The molecule has 0 aliphatic carbocycles. The van der Waals surface area contributed by atoms with Crippen LogP contribution in [-0.2, 0) is 11.0 Å². The highest BCUT2D eigenvalue weighted by Crippen LogP contribution is 2.30. The van der Waals surface area contributed by atoms with Gasteiger partial charge < -0.3 is 10.2 Å². The van der Waals surface area contributed by atoms with E-state index < -0.39 is 11.7 Å². The largest absolute Gasteiger partial charge is 0.416 e. The number of carbonyl (C=O) groups excluding carboxylic acids is 1. The Morgan fingerprint density at radius 2 is 2.20 bits per heavy atom. The number of anilines is 1. The van der Waals surface area contributed by atoms with Gasteiger partial charge in [-0.2, -0.15) is 13.2 Å². The van der Waals surface area contributed by atoms with Crippen molar-refractivity contribution in [3.63, 3.8) is 0 Å². The second-order valence-corrected chi connectivity index (χ2v) is 5.25. The molecule has 1 atom stereocenters. The van der Waals surface area contributed by atoms with E-state index in [1.807, 2.05) is 7.05 Å². The number of hydrogen-bond donors (Lipinski definition) is 1.